The van der Waals surface area contributed by atoms with Crippen LogP contribution in [-0.4, -0.2) is 33.4 Å². The van der Waals surface area contributed by atoms with Gasteiger partial charge in [-0.2, -0.15) is 0 Å². The first kappa shape index (κ1) is 19.2. The van der Waals surface area contributed by atoms with E-state index in [9.17, 15) is 14.4 Å². The third-order valence-electron chi connectivity index (χ3n) is 4.04. The maximum absolute atomic E-state index is 12.5. The molecule has 0 aliphatic heterocycles. The van der Waals surface area contributed by atoms with Crippen molar-refractivity contribution in [1.82, 2.24) is 20.3 Å². The summed E-state index contributed by atoms with van der Waals surface area (Å²) >= 11 is 0. The lowest BCUT2D eigenvalue weighted by molar-refractivity contribution is -0.117. The molecule has 0 unspecified atom stereocenters. The molecular weight excluding hydrogens is 358 g/mol. The van der Waals surface area contributed by atoms with Gasteiger partial charge in [0.15, 0.2) is 0 Å². The Hall–Kier alpha value is -3.55. The molecule has 2 amide bonds. The molecule has 144 valence electrons. The first-order valence-electron chi connectivity index (χ1n) is 8.95. The van der Waals surface area contributed by atoms with Crippen LogP contribution in [0.4, 0.5) is 5.69 Å². The number of benzene rings is 2. The van der Waals surface area contributed by atoms with Crippen molar-refractivity contribution in [3.8, 4) is 0 Å². The van der Waals surface area contributed by atoms with Gasteiger partial charge in [-0.15, -0.1) is 5.10 Å². The summed E-state index contributed by atoms with van der Waals surface area (Å²) in [6, 6.07) is 13.5. The van der Waals surface area contributed by atoms with Crippen LogP contribution in [-0.2, 0) is 11.3 Å². The van der Waals surface area contributed by atoms with Gasteiger partial charge in [-0.3, -0.25) is 14.4 Å². The maximum Gasteiger partial charge on any atom is 0.278 e. The molecule has 3 rings (SSSR count). The monoisotopic (exact) mass is 379 g/mol. The van der Waals surface area contributed by atoms with Gasteiger partial charge in [-0.1, -0.05) is 43.3 Å². The molecule has 8 heteroatoms. The molecular formula is C20H21N5O3. The Bertz CT molecular complexity index is 1070. The molecule has 1 heterocycles. The Balaban J connectivity index is 1.76. The van der Waals surface area contributed by atoms with Crippen LogP contribution in [0.1, 0.15) is 24.2 Å². The topological polar surface area (TPSA) is 106 Å². The highest BCUT2D eigenvalue weighted by Gasteiger charge is 2.15. The molecule has 2 N–H and O–H groups in total. The SMILES string of the molecule is CC(C)CNC(=O)c1ccccc1NC(=O)Cn1nnc2ccccc2c1=O. The first-order chi connectivity index (χ1) is 13.5. The Labute approximate surface area is 161 Å². The minimum absolute atomic E-state index is 0.271. The molecule has 0 saturated heterocycles. The van der Waals surface area contributed by atoms with Crippen LogP contribution in [0, 0.1) is 5.92 Å². The number of nitrogens with one attached hydrogen (secondary N) is 2. The average molecular weight is 379 g/mol. The number of carbonyl (C=O) groups is 2. The van der Waals surface area contributed by atoms with E-state index in [2.05, 4.69) is 20.9 Å². The van der Waals surface area contributed by atoms with Crippen LogP contribution in [0.15, 0.2) is 53.3 Å². The summed E-state index contributed by atoms with van der Waals surface area (Å²) < 4.78 is 0.999. The summed E-state index contributed by atoms with van der Waals surface area (Å²) in [5.41, 5.74) is 0.795. The van der Waals surface area contributed by atoms with E-state index in [-0.39, 0.29) is 12.5 Å². The van der Waals surface area contributed by atoms with E-state index in [1.54, 1.807) is 48.5 Å². The molecule has 0 saturated carbocycles. The van der Waals surface area contributed by atoms with Crippen molar-refractivity contribution in [2.24, 2.45) is 5.92 Å². The predicted molar refractivity (Wildman–Crippen MR) is 106 cm³/mol. The molecule has 0 spiro atoms. The maximum atomic E-state index is 12.5. The van der Waals surface area contributed by atoms with Crippen LogP contribution in [0.2, 0.25) is 0 Å². The Morgan fingerprint density at radius 2 is 1.79 bits per heavy atom. The number of aromatic nitrogens is 3. The number of hydrogen-bond donors (Lipinski definition) is 2. The minimum Gasteiger partial charge on any atom is -0.352 e. The number of hydrogen-bond acceptors (Lipinski definition) is 5. The van der Waals surface area contributed by atoms with E-state index in [0.717, 1.165) is 4.68 Å². The van der Waals surface area contributed by atoms with Gasteiger partial charge in [0.1, 0.15) is 12.1 Å². The molecule has 2 aromatic carbocycles. The number of rotatable bonds is 6. The molecule has 28 heavy (non-hydrogen) atoms. The zero-order valence-electron chi connectivity index (χ0n) is 15.7. The summed E-state index contributed by atoms with van der Waals surface area (Å²) in [7, 11) is 0. The van der Waals surface area contributed by atoms with Crippen molar-refractivity contribution in [1.29, 1.82) is 0 Å². The second-order valence-corrected chi connectivity index (χ2v) is 6.77. The zero-order valence-corrected chi connectivity index (χ0v) is 15.7. The average Bonchev–Trinajstić information content (AvgIpc) is 2.69. The van der Waals surface area contributed by atoms with E-state index in [4.69, 9.17) is 0 Å². The lowest BCUT2D eigenvalue weighted by atomic mass is 10.1. The molecule has 0 atom stereocenters. The molecule has 8 nitrogen and oxygen atoms in total. The van der Waals surface area contributed by atoms with Crippen LogP contribution in [0.25, 0.3) is 10.9 Å². The fourth-order valence-corrected chi connectivity index (χ4v) is 2.63. The highest BCUT2D eigenvalue weighted by Crippen LogP contribution is 2.15. The Morgan fingerprint density at radius 3 is 2.57 bits per heavy atom. The second-order valence-electron chi connectivity index (χ2n) is 6.77. The minimum atomic E-state index is -0.476. The summed E-state index contributed by atoms with van der Waals surface area (Å²) in [5, 5.41) is 13.7. The standard InChI is InChI=1S/C20H21N5O3/c1-13(2)11-21-19(27)14-7-3-5-9-16(14)22-18(26)12-25-20(28)15-8-4-6-10-17(15)23-24-25/h3-10,13H,11-12H2,1-2H3,(H,21,27)(H,22,26). The summed E-state index contributed by atoms with van der Waals surface area (Å²) in [4.78, 5) is 37.3. The molecule has 1 aromatic heterocycles. The van der Waals surface area contributed by atoms with Gasteiger partial charge in [0, 0.05) is 6.54 Å². The van der Waals surface area contributed by atoms with E-state index in [1.807, 2.05) is 13.8 Å². The van der Waals surface area contributed by atoms with Gasteiger partial charge in [0.05, 0.1) is 16.6 Å². The van der Waals surface area contributed by atoms with Crippen molar-refractivity contribution >= 4 is 28.4 Å². The molecule has 0 bridgehead atoms. The quantitative estimate of drug-likeness (QED) is 0.679. The van der Waals surface area contributed by atoms with Crippen LogP contribution >= 0.6 is 0 Å². The third-order valence-corrected chi connectivity index (χ3v) is 4.04. The smallest absolute Gasteiger partial charge is 0.278 e. The lowest BCUT2D eigenvalue weighted by Gasteiger charge is -2.12. The molecule has 0 radical (unpaired) electrons. The van der Waals surface area contributed by atoms with Gasteiger partial charge in [0.2, 0.25) is 5.91 Å². The van der Waals surface area contributed by atoms with Crippen molar-refractivity contribution in [3.63, 3.8) is 0 Å². The van der Waals surface area contributed by atoms with Gasteiger partial charge >= 0.3 is 0 Å². The van der Waals surface area contributed by atoms with Crippen LogP contribution in [0.5, 0.6) is 0 Å². The van der Waals surface area contributed by atoms with Crippen molar-refractivity contribution in [3.05, 3.63) is 64.4 Å². The fourth-order valence-electron chi connectivity index (χ4n) is 2.63. The van der Waals surface area contributed by atoms with Crippen molar-refractivity contribution in [2.45, 2.75) is 20.4 Å². The van der Waals surface area contributed by atoms with Gasteiger partial charge in [0.25, 0.3) is 11.5 Å². The number of carbonyl (C=O) groups excluding carboxylic acids is 2. The Morgan fingerprint density at radius 1 is 1.07 bits per heavy atom. The normalized spacial score (nSPS) is 10.8. The van der Waals surface area contributed by atoms with Gasteiger partial charge in [-0.25, -0.2) is 4.68 Å². The third kappa shape index (κ3) is 4.40. The molecule has 0 aliphatic rings. The Kier molecular flexibility index (Phi) is 5.78. The molecule has 0 fully saturated rings. The lowest BCUT2D eigenvalue weighted by Crippen LogP contribution is -2.32. The molecule has 0 aliphatic carbocycles. The number of para-hydroxylation sites is 1. The number of anilines is 1. The number of fused-ring (bicyclic) bond motifs is 1. The van der Waals surface area contributed by atoms with Crippen LogP contribution < -0.4 is 16.2 Å². The van der Waals surface area contributed by atoms with E-state index < -0.39 is 11.5 Å². The number of nitrogens with zero attached hydrogens (tertiary/aromatic N) is 3. The van der Waals surface area contributed by atoms with Gasteiger partial charge in [-0.05, 0) is 30.2 Å². The summed E-state index contributed by atoms with van der Waals surface area (Å²) in [6.07, 6.45) is 0. The van der Waals surface area contributed by atoms with E-state index >= 15 is 0 Å². The van der Waals surface area contributed by atoms with Gasteiger partial charge < -0.3 is 10.6 Å². The van der Waals surface area contributed by atoms with Crippen molar-refractivity contribution < 1.29 is 9.59 Å². The first-order valence-corrected chi connectivity index (χ1v) is 8.95. The van der Waals surface area contributed by atoms with Crippen molar-refractivity contribution in [2.75, 3.05) is 11.9 Å². The fraction of sp³-hybridized carbons (Fsp3) is 0.250. The molecule has 3 aromatic rings. The predicted octanol–water partition coefficient (Wildman–Crippen LogP) is 1.82. The summed E-state index contributed by atoms with van der Waals surface area (Å²) in [5.74, 6) is -0.438. The summed E-state index contributed by atoms with van der Waals surface area (Å²) in [6.45, 7) is 4.22. The van der Waals surface area contributed by atoms with Crippen LogP contribution in [0.3, 0.4) is 0 Å². The zero-order chi connectivity index (χ0) is 20.1. The highest BCUT2D eigenvalue weighted by atomic mass is 16.2. The van der Waals surface area contributed by atoms with E-state index in [0.29, 0.717) is 34.6 Å². The highest BCUT2D eigenvalue weighted by molar-refractivity contribution is 6.03. The van der Waals surface area contributed by atoms with E-state index in [1.165, 1.54) is 0 Å². The second kappa shape index (κ2) is 8.43. The number of amides is 2. The largest absolute Gasteiger partial charge is 0.352 e.